The molecule has 68 valence electrons. The molecule has 3 heteroatoms. The average molecular weight is 178 g/mol. The van der Waals surface area contributed by atoms with Crippen molar-refractivity contribution in [2.24, 2.45) is 0 Å². The molecule has 3 nitrogen and oxygen atoms in total. The molecule has 1 saturated heterocycles. The Labute approximate surface area is 76.3 Å². The highest BCUT2D eigenvalue weighted by molar-refractivity contribution is 5.76. The summed E-state index contributed by atoms with van der Waals surface area (Å²) in [5.41, 5.74) is 0.997. The molecule has 0 amide bonds. The van der Waals surface area contributed by atoms with Crippen molar-refractivity contribution in [1.82, 2.24) is 0 Å². The first-order valence-electron chi connectivity index (χ1n) is 4.18. The summed E-state index contributed by atoms with van der Waals surface area (Å²) in [7, 11) is 0. The third kappa shape index (κ3) is 2.29. The molecule has 0 saturated carbocycles. The lowest BCUT2D eigenvalue weighted by Crippen LogP contribution is -2.10. The Hall–Kier alpha value is -1.35. The van der Waals surface area contributed by atoms with E-state index >= 15 is 0 Å². The summed E-state index contributed by atoms with van der Waals surface area (Å²) in [6, 6.07) is 9.59. The van der Waals surface area contributed by atoms with Gasteiger partial charge >= 0.3 is 5.97 Å². The van der Waals surface area contributed by atoms with Gasteiger partial charge in [0.2, 0.25) is 0 Å². The summed E-state index contributed by atoms with van der Waals surface area (Å²) in [4.78, 5) is 11.0. The molecule has 0 radical (unpaired) electrons. The van der Waals surface area contributed by atoms with Crippen molar-refractivity contribution in [1.29, 1.82) is 0 Å². The van der Waals surface area contributed by atoms with Crippen LogP contribution in [0.1, 0.15) is 5.56 Å². The standard InChI is InChI=1S/C10H10O3/c11-10(9-7-12-9)13-6-8-4-2-1-3-5-8/h1-5,9H,6-7H2. The second-order valence-electron chi connectivity index (χ2n) is 2.92. The van der Waals surface area contributed by atoms with E-state index < -0.39 is 0 Å². The maximum atomic E-state index is 11.0. The molecule has 0 bridgehead atoms. The van der Waals surface area contributed by atoms with E-state index in [0.29, 0.717) is 13.2 Å². The van der Waals surface area contributed by atoms with E-state index in [0.717, 1.165) is 5.56 Å². The Kier molecular flexibility index (Phi) is 2.27. The summed E-state index contributed by atoms with van der Waals surface area (Å²) in [5.74, 6) is -0.260. The van der Waals surface area contributed by atoms with E-state index in [4.69, 9.17) is 9.47 Å². The number of esters is 1. The van der Waals surface area contributed by atoms with Gasteiger partial charge in [0.05, 0.1) is 6.61 Å². The summed E-state index contributed by atoms with van der Waals surface area (Å²) in [6.07, 6.45) is -0.302. The predicted octanol–water partition coefficient (Wildman–Crippen LogP) is 1.13. The third-order valence-corrected chi connectivity index (χ3v) is 1.82. The molecule has 1 aromatic carbocycles. The van der Waals surface area contributed by atoms with Crippen LogP contribution in [0.15, 0.2) is 30.3 Å². The fraction of sp³-hybridized carbons (Fsp3) is 0.300. The van der Waals surface area contributed by atoms with E-state index in [9.17, 15) is 4.79 Å². The monoisotopic (exact) mass is 178 g/mol. The minimum atomic E-state index is -0.302. The molecule has 1 unspecified atom stereocenters. The van der Waals surface area contributed by atoms with Crippen molar-refractivity contribution in [3.8, 4) is 0 Å². The van der Waals surface area contributed by atoms with Gasteiger partial charge in [0, 0.05) is 0 Å². The van der Waals surface area contributed by atoms with Gasteiger partial charge in [-0.3, -0.25) is 0 Å². The van der Waals surface area contributed by atoms with Crippen molar-refractivity contribution in [3.63, 3.8) is 0 Å². The van der Waals surface area contributed by atoms with Gasteiger partial charge < -0.3 is 9.47 Å². The Morgan fingerprint density at radius 1 is 1.46 bits per heavy atom. The lowest BCUT2D eigenvalue weighted by Gasteiger charge is -2.01. The van der Waals surface area contributed by atoms with Crippen LogP contribution < -0.4 is 0 Å². The minimum absolute atomic E-state index is 0.260. The number of carbonyl (C=O) groups is 1. The average Bonchev–Trinajstić information content (AvgIpc) is 2.99. The van der Waals surface area contributed by atoms with Gasteiger partial charge in [-0.25, -0.2) is 4.79 Å². The second-order valence-corrected chi connectivity index (χ2v) is 2.92. The SMILES string of the molecule is O=C(OCc1ccccc1)C1CO1. The van der Waals surface area contributed by atoms with Crippen molar-refractivity contribution in [3.05, 3.63) is 35.9 Å². The van der Waals surface area contributed by atoms with Crippen LogP contribution >= 0.6 is 0 Å². The van der Waals surface area contributed by atoms with Gasteiger partial charge in [0.15, 0.2) is 6.10 Å². The predicted molar refractivity (Wildman–Crippen MR) is 46.0 cm³/mol. The molecule has 0 spiro atoms. The van der Waals surface area contributed by atoms with Crippen LogP contribution in [0.4, 0.5) is 0 Å². The Bertz CT molecular complexity index is 290. The second kappa shape index (κ2) is 3.58. The number of epoxide rings is 1. The fourth-order valence-corrected chi connectivity index (χ4v) is 1.01. The number of rotatable bonds is 3. The highest BCUT2D eigenvalue weighted by atomic mass is 16.6. The highest BCUT2D eigenvalue weighted by Gasteiger charge is 2.32. The van der Waals surface area contributed by atoms with E-state index in [-0.39, 0.29) is 12.1 Å². The largest absolute Gasteiger partial charge is 0.459 e. The molecule has 1 aromatic rings. The minimum Gasteiger partial charge on any atom is -0.459 e. The highest BCUT2D eigenvalue weighted by Crippen LogP contribution is 2.11. The maximum Gasteiger partial charge on any atom is 0.338 e. The van der Waals surface area contributed by atoms with Crippen LogP contribution in [0.3, 0.4) is 0 Å². The van der Waals surface area contributed by atoms with Crippen molar-refractivity contribution in [2.45, 2.75) is 12.7 Å². The number of hydrogen-bond donors (Lipinski definition) is 0. The lowest BCUT2D eigenvalue weighted by molar-refractivity contribution is -0.146. The first-order chi connectivity index (χ1) is 6.36. The maximum absolute atomic E-state index is 11.0. The van der Waals surface area contributed by atoms with E-state index in [1.807, 2.05) is 30.3 Å². The number of ether oxygens (including phenoxy) is 2. The number of benzene rings is 1. The van der Waals surface area contributed by atoms with Crippen molar-refractivity contribution >= 4 is 5.97 Å². The molecule has 1 aliphatic rings. The van der Waals surface area contributed by atoms with E-state index in [1.165, 1.54) is 0 Å². The zero-order chi connectivity index (χ0) is 9.10. The Balaban J connectivity index is 1.82. The van der Waals surface area contributed by atoms with Crippen LogP contribution in [-0.4, -0.2) is 18.7 Å². The van der Waals surface area contributed by atoms with Crippen LogP contribution in [0.5, 0.6) is 0 Å². The molecule has 1 fully saturated rings. The van der Waals surface area contributed by atoms with Crippen molar-refractivity contribution < 1.29 is 14.3 Å². The number of hydrogen-bond acceptors (Lipinski definition) is 3. The summed E-state index contributed by atoms with van der Waals surface area (Å²) < 4.78 is 9.77. The first-order valence-corrected chi connectivity index (χ1v) is 4.18. The van der Waals surface area contributed by atoms with Crippen LogP contribution in [0, 0.1) is 0 Å². The molecule has 1 heterocycles. The molecule has 13 heavy (non-hydrogen) atoms. The van der Waals surface area contributed by atoms with Crippen LogP contribution in [0.2, 0.25) is 0 Å². The van der Waals surface area contributed by atoms with Gasteiger partial charge in [-0.1, -0.05) is 30.3 Å². The zero-order valence-corrected chi connectivity index (χ0v) is 7.10. The summed E-state index contributed by atoms with van der Waals surface area (Å²) >= 11 is 0. The smallest absolute Gasteiger partial charge is 0.338 e. The Morgan fingerprint density at radius 3 is 2.77 bits per heavy atom. The molecule has 0 N–H and O–H groups in total. The van der Waals surface area contributed by atoms with Gasteiger partial charge in [0.1, 0.15) is 6.61 Å². The topological polar surface area (TPSA) is 38.8 Å². The Morgan fingerprint density at radius 2 is 2.15 bits per heavy atom. The molecule has 1 atom stereocenters. The van der Waals surface area contributed by atoms with Crippen LogP contribution in [0.25, 0.3) is 0 Å². The fourth-order valence-electron chi connectivity index (χ4n) is 1.01. The quantitative estimate of drug-likeness (QED) is 0.514. The molecule has 0 aliphatic carbocycles. The van der Waals surface area contributed by atoms with E-state index in [1.54, 1.807) is 0 Å². The van der Waals surface area contributed by atoms with Gasteiger partial charge in [-0.2, -0.15) is 0 Å². The molecule has 1 aliphatic heterocycles. The molecular formula is C10H10O3. The molecular weight excluding hydrogens is 168 g/mol. The van der Waals surface area contributed by atoms with Crippen LogP contribution in [-0.2, 0) is 20.9 Å². The summed E-state index contributed by atoms with van der Waals surface area (Å²) in [6.45, 7) is 0.840. The van der Waals surface area contributed by atoms with Gasteiger partial charge in [0.25, 0.3) is 0 Å². The summed E-state index contributed by atoms with van der Waals surface area (Å²) in [5, 5.41) is 0. The first kappa shape index (κ1) is 8.26. The molecule has 0 aromatic heterocycles. The normalized spacial score (nSPS) is 19.5. The van der Waals surface area contributed by atoms with Crippen molar-refractivity contribution in [2.75, 3.05) is 6.61 Å². The van der Waals surface area contributed by atoms with Gasteiger partial charge in [-0.15, -0.1) is 0 Å². The third-order valence-electron chi connectivity index (χ3n) is 1.82. The lowest BCUT2D eigenvalue weighted by atomic mass is 10.2. The number of carbonyl (C=O) groups excluding carboxylic acids is 1. The van der Waals surface area contributed by atoms with Gasteiger partial charge in [-0.05, 0) is 5.56 Å². The van der Waals surface area contributed by atoms with E-state index in [2.05, 4.69) is 0 Å². The zero-order valence-electron chi connectivity index (χ0n) is 7.10. The molecule has 2 rings (SSSR count).